The number of alkyl halides is 3. The summed E-state index contributed by atoms with van der Waals surface area (Å²) in [5.74, 6) is 0.0392. The zero-order chi connectivity index (χ0) is 20.6. The molecule has 4 heterocycles. The van der Waals surface area contributed by atoms with Crippen molar-refractivity contribution in [2.24, 2.45) is 0 Å². The third-order valence-corrected chi connectivity index (χ3v) is 4.20. The van der Waals surface area contributed by atoms with E-state index in [9.17, 15) is 18.0 Å². The molecule has 4 aromatic rings. The number of anilines is 1. The van der Waals surface area contributed by atoms with E-state index >= 15 is 0 Å². The van der Waals surface area contributed by atoms with E-state index in [0.29, 0.717) is 33.7 Å². The molecule has 9 heteroatoms. The molecule has 4 aromatic heterocycles. The molecule has 4 rings (SSSR count). The Morgan fingerprint density at radius 1 is 1.07 bits per heavy atom. The summed E-state index contributed by atoms with van der Waals surface area (Å²) in [5, 5.41) is 2.59. The second-order valence-electron chi connectivity index (χ2n) is 6.29. The fourth-order valence-corrected chi connectivity index (χ4v) is 3.05. The highest BCUT2D eigenvalue weighted by atomic mass is 19.4. The number of fused-ring (bicyclic) bond motifs is 1. The number of aromatic amines is 1. The molecule has 29 heavy (non-hydrogen) atoms. The summed E-state index contributed by atoms with van der Waals surface area (Å²) in [6.45, 7) is 1.36. The number of carbonyl (C=O) groups is 1. The molecule has 0 saturated carbocycles. The topological polar surface area (TPSA) is 83.6 Å². The second-order valence-corrected chi connectivity index (χ2v) is 6.29. The van der Waals surface area contributed by atoms with Gasteiger partial charge in [0.15, 0.2) is 0 Å². The first-order valence-electron chi connectivity index (χ1n) is 8.58. The van der Waals surface area contributed by atoms with E-state index in [-0.39, 0.29) is 11.6 Å². The maximum absolute atomic E-state index is 13.2. The molecule has 2 N–H and O–H groups in total. The lowest BCUT2D eigenvalue weighted by Crippen LogP contribution is -2.08. The molecule has 0 aliphatic carbocycles. The van der Waals surface area contributed by atoms with E-state index in [2.05, 4.69) is 25.3 Å². The molecule has 6 nitrogen and oxygen atoms in total. The number of carbonyl (C=O) groups excluding carboxylic acids is 1. The number of amides is 1. The SMILES string of the molecule is CC(=O)Nc1cc(-c2[nH]c3cccnc3c2-c2cccc(C(F)(F)F)n2)ccn1. The summed E-state index contributed by atoms with van der Waals surface area (Å²) in [6, 6.07) is 10.6. The van der Waals surface area contributed by atoms with Crippen molar-refractivity contribution in [3.63, 3.8) is 0 Å². The average Bonchev–Trinajstić information content (AvgIpc) is 3.07. The monoisotopic (exact) mass is 397 g/mol. The Labute approximate surface area is 162 Å². The molecule has 0 spiro atoms. The molecule has 0 radical (unpaired) electrons. The first kappa shape index (κ1) is 18.6. The Balaban J connectivity index is 1.95. The van der Waals surface area contributed by atoms with Crippen molar-refractivity contribution in [3.8, 4) is 22.5 Å². The minimum atomic E-state index is -4.56. The van der Waals surface area contributed by atoms with Crippen LogP contribution in [0.2, 0.25) is 0 Å². The summed E-state index contributed by atoms with van der Waals surface area (Å²) in [4.78, 5) is 26.8. The van der Waals surface area contributed by atoms with E-state index in [4.69, 9.17) is 0 Å². The Morgan fingerprint density at radius 2 is 1.90 bits per heavy atom. The lowest BCUT2D eigenvalue weighted by Gasteiger charge is -2.09. The van der Waals surface area contributed by atoms with E-state index < -0.39 is 11.9 Å². The number of H-pyrrole nitrogens is 1. The van der Waals surface area contributed by atoms with Crippen LogP contribution in [-0.4, -0.2) is 25.8 Å². The molecule has 1 amide bonds. The van der Waals surface area contributed by atoms with Crippen LogP contribution >= 0.6 is 0 Å². The van der Waals surface area contributed by atoms with Crippen molar-refractivity contribution in [2.45, 2.75) is 13.1 Å². The zero-order valence-corrected chi connectivity index (χ0v) is 15.1. The predicted octanol–water partition coefficient (Wildman–Crippen LogP) is 4.66. The van der Waals surface area contributed by atoms with Crippen LogP contribution in [0.3, 0.4) is 0 Å². The number of aromatic nitrogens is 4. The van der Waals surface area contributed by atoms with Crippen molar-refractivity contribution in [1.82, 2.24) is 19.9 Å². The first-order valence-corrected chi connectivity index (χ1v) is 8.58. The molecular weight excluding hydrogens is 383 g/mol. The minimum absolute atomic E-state index is 0.137. The van der Waals surface area contributed by atoms with Gasteiger partial charge in [-0.3, -0.25) is 9.78 Å². The fourth-order valence-electron chi connectivity index (χ4n) is 3.05. The summed E-state index contributed by atoms with van der Waals surface area (Å²) >= 11 is 0. The van der Waals surface area contributed by atoms with Crippen LogP contribution in [0.15, 0.2) is 54.9 Å². The number of halogens is 3. The molecule has 0 aliphatic rings. The fraction of sp³-hybridized carbons (Fsp3) is 0.100. The quantitative estimate of drug-likeness (QED) is 0.527. The van der Waals surface area contributed by atoms with E-state index in [0.717, 1.165) is 6.07 Å². The summed E-state index contributed by atoms with van der Waals surface area (Å²) in [5.41, 5.74) is 1.88. The molecule has 0 aliphatic heterocycles. The van der Waals surface area contributed by atoms with Gasteiger partial charge in [0.05, 0.1) is 28.0 Å². The Kier molecular flexibility index (Phi) is 4.50. The molecule has 0 fully saturated rings. The van der Waals surface area contributed by atoms with Gasteiger partial charge in [0.25, 0.3) is 0 Å². The normalized spacial score (nSPS) is 11.6. The van der Waals surface area contributed by atoms with Crippen molar-refractivity contribution < 1.29 is 18.0 Å². The van der Waals surface area contributed by atoms with Crippen LogP contribution in [0, 0.1) is 0 Å². The Hall–Kier alpha value is -3.75. The van der Waals surface area contributed by atoms with Crippen molar-refractivity contribution in [1.29, 1.82) is 0 Å². The maximum atomic E-state index is 13.2. The van der Waals surface area contributed by atoms with Gasteiger partial charge in [0, 0.05) is 24.9 Å². The molecule has 0 saturated heterocycles. The minimum Gasteiger partial charge on any atom is -0.353 e. The van der Waals surface area contributed by atoms with Crippen molar-refractivity contribution >= 4 is 22.8 Å². The summed E-state index contributed by atoms with van der Waals surface area (Å²) in [6.07, 6.45) is -1.50. The highest BCUT2D eigenvalue weighted by Gasteiger charge is 2.33. The lowest BCUT2D eigenvalue weighted by atomic mass is 10.0. The van der Waals surface area contributed by atoms with Crippen LogP contribution in [0.4, 0.5) is 19.0 Å². The van der Waals surface area contributed by atoms with E-state index in [1.807, 2.05) is 0 Å². The number of hydrogen-bond donors (Lipinski definition) is 2. The maximum Gasteiger partial charge on any atom is 0.433 e. The summed E-state index contributed by atoms with van der Waals surface area (Å²) < 4.78 is 39.6. The van der Waals surface area contributed by atoms with Gasteiger partial charge in [0.2, 0.25) is 5.91 Å². The Morgan fingerprint density at radius 3 is 2.66 bits per heavy atom. The number of pyridine rings is 3. The molecule has 146 valence electrons. The lowest BCUT2D eigenvalue weighted by molar-refractivity contribution is -0.141. The molecular formula is C20H14F3N5O. The number of nitrogens with zero attached hydrogens (tertiary/aromatic N) is 3. The number of hydrogen-bond acceptors (Lipinski definition) is 4. The van der Waals surface area contributed by atoms with Crippen LogP contribution in [0.5, 0.6) is 0 Å². The molecule has 0 unspecified atom stereocenters. The first-order chi connectivity index (χ1) is 13.8. The van der Waals surface area contributed by atoms with Gasteiger partial charge >= 0.3 is 6.18 Å². The van der Waals surface area contributed by atoms with Crippen LogP contribution in [0.25, 0.3) is 33.5 Å². The third-order valence-electron chi connectivity index (χ3n) is 4.20. The third kappa shape index (κ3) is 3.66. The van der Waals surface area contributed by atoms with Gasteiger partial charge in [-0.2, -0.15) is 13.2 Å². The molecule has 0 atom stereocenters. The van der Waals surface area contributed by atoms with Gasteiger partial charge in [-0.1, -0.05) is 6.07 Å². The van der Waals surface area contributed by atoms with Crippen molar-refractivity contribution in [3.05, 3.63) is 60.6 Å². The average molecular weight is 397 g/mol. The predicted molar refractivity (Wildman–Crippen MR) is 102 cm³/mol. The van der Waals surface area contributed by atoms with Gasteiger partial charge in [0.1, 0.15) is 11.5 Å². The highest BCUT2D eigenvalue weighted by Crippen LogP contribution is 2.38. The van der Waals surface area contributed by atoms with Crippen LogP contribution in [-0.2, 0) is 11.0 Å². The van der Waals surface area contributed by atoms with Crippen LogP contribution in [0.1, 0.15) is 12.6 Å². The van der Waals surface area contributed by atoms with Gasteiger partial charge < -0.3 is 10.3 Å². The zero-order valence-electron chi connectivity index (χ0n) is 15.1. The molecule has 0 aromatic carbocycles. The van der Waals surface area contributed by atoms with E-state index in [1.54, 1.807) is 30.5 Å². The number of nitrogens with one attached hydrogen (secondary N) is 2. The van der Waals surface area contributed by atoms with Gasteiger partial charge in [-0.15, -0.1) is 0 Å². The van der Waals surface area contributed by atoms with Crippen molar-refractivity contribution in [2.75, 3.05) is 5.32 Å². The van der Waals surface area contributed by atoms with Crippen LogP contribution < -0.4 is 5.32 Å². The smallest absolute Gasteiger partial charge is 0.353 e. The second kappa shape index (κ2) is 7.01. The van der Waals surface area contributed by atoms with Gasteiger partial charge in [-0.25, -0.2) is 9.97 Å². The summed E-state index contributed by atoms with van der Waals surface area (Å²) in [7, 11) is 0. The van der Waals surface area contributed by atoms with Gasteiger partial charge in [-0.05, 0) is 36.4 Å². The van der Waals surface area contributed by atoms with E-state index in [1.165, 1.54) is 25.3 Å². The largest absolute Gasteiger partial charge is 0.433 e. The standard InChI is InChI=1S/C20H14F3N5O/c1-11(29)26-16-10-12(7-9-24-16)18-17(19-14(28-18)5-3-8-25-19)13-4-2-6-15(27-13)20(21,22)23/h2-10,28H,1H3,(H,24,26,29). The molecule has 0 bridgehead atoms. The Bertz CT molecular complexity index is 1220. The number of rotatable bonds is 3. The highest BCUT2D eigenvalue weighted by molar-refractivity contribution is 6.01.